The van der Waals surface area contributed by atoms with Crippen LogP contribution in [0.25, 0.3) is 0 Å². The summed E-state index contributed by atoms with van der Waals surface area (Å²) in [6.07, 6.45) is 1.70. The second kappa shape index (κ2) is 5.32. The number of aromatic nitrogens is 1. The SMILES string of the molecule is Cc1ccc(C(=O)C(C)c2ccccn2)cc1Cl. The molecule has 1 aromatic carbocycles. The highest BCUT2D eigenvalue weighted by Crippen LogP contribution is 2.22. The third-order valence-corrected chi connectivity index (χ3v) is 3.39. The Bertz CT molecular complexity index is 566. The van der Waals surface area contributed by atoms with Crippen molar-refractivity contribution in [1.29, 1.82) is 0 Å². The van der Waals surface area contributed by atoms with Crippen LogP contribution in [-0.2, 0) is 0 Å². The highest BCUT2D eigenvalue weighted by Gasteiger charge is 2.18. The van der Waals surface area contributed by atoms with Crippen LogP contribution in [0.1, 0.15) is 34.5 Å². The predicted molar refractivity (Wildman–Crippen MR) is 73.2 cm³/mol. The molecule has 0 aliphatic rings. The average molecular weight is 260 g/mol. The Hall–Kier alpha value is -1.67. The van der Waals surface area contributed by atoms with Crippen LogP contribution in [0.5, 0.6) is 0 Å². The number of carbonyl (C=O) groups excluding carboxylic acids is 1. The maximum Gasteiger partial charge on any atom is 0.171 e. The fourth-order valence-electron chi connectivity index (χ4n) is 1.76. The molecule has 0 bridgehead atoms. The normalized spacial score (nSPS) is 12.2. The lowest BCUT2D eigenvalue weighted by molar-refractivity contribution is 0.0964. The molecule has 18 heavy (non-hydrogen) atoms. The van der Waals surface area contributed by atoms with Gasteiger partial charge in [-0.3, -0.25) is 9.78 Å². The van der Waals surface area contributed by atoms with Crippen molar-refractivity contribution in [3.05, 3.63) is 64.4 Å². The van der Waals surface area contributed by atoms with E-state index >= 15 is 0 Å². The number of hydrogen-bond donors (Lipinski definition) is 0. The summed E-state index contributed by atoms with van der Waals surface area (Å²) >= 11 is 6.04. The molecular formula is C15H14ClNO. The molecule has 1 heterocycles. The van der Waals surface area contributed by atoms with Crippen molar-refractivity contribution in [3.63, 3.8) is 0 Å². The van der Waals surface area contributed by atoms with Gasteiger partial charge in [-0.25, -0.2) is 0 Å². The Balaban J connectivity index is 2.29. The summed E-state index contributed by atoms with van der Waals surface area (Å²) in [4.78, 5) is 16.5. The van der Waals surface area contributed by atoms with Crippen molar-refractivity contribution >= 4 is 17.4 Å². The monoisotopic (exact) mass is 259 g/mol. The maximum atomic E-state index is 12.3. The smallest absolute Gasteiger partial charge is 0.171 e. The van der Waals surface area contributed by atoms with Gasteiger partial charge in [0.15, 0.2) is 5.78 Å². The Kier molecular flexibility index (Phi) is 3.78. The van der Waals surface area contributed by atoms with Crippen LogP contribution in [0, 0.1) is 6.92 Å². The molecule has 1 unspecified atom stereocenters. The van der Waals surface area contributed by atoms with E-state index in [-0.39, 0.29) is 11.7 Å². The number of halogens is 1. The molecular weight excluding hydrogens is 246 g/mol. The summed E-state index contributed by atoms with van der Waals surface area (Å²) in [6, 6.07) is 11.0. The van der Waals surface area contributed by atoms with Crippen LogP contribution in [0.15, 0.2) is 42.6 Å². The van der Waals surface area contributed by atoms with Crippen LogP contribution in [-0.4, -0.2) is 10.8 Å². The lowest BCUT2D eigenvalue weighted by Crippen LogP contribution is -2.11. The van der Waals surface area contributed by atoms with Gasteiger partial charge in [-0.05, 0) is 37.6 Å². The van der Waals surface area contributed by atoms with Gasteiger partial charge in [0.2, 0.25) is 0 Å². The fourth-order valence-corrected chi connectivity index (χ4v) is 1.94. The quantitative estimate of drug-likeness (QED) is 0.779. The molecule has 0 aliphatic heterocycles. The highest BCUT2D eigenvalue weighted by atomic mass is 35.5. The minimum Gasteiger partial charge on any atom is -0.293 e. The van der Waals surface area contributed by atoms with Crippen LogP contribution in [0.2, 0.25) is 5.02 Å². The zero-order valence-corrected chi connectivity index (χ0v) is 11.1. The zero-order chi connectivity index (χ0) is 13.1. The fraction of sp³-hybridized carbons (Fsp3) is 0.200. The van der Waals surface area contributed by atoms with Gasteiger partial charge in [0.25, 0.3) is 0 Å². The van der Waals surface area contributed by atoms with Crippen molar-refractivity contribution < 1.29 is 4.79 Å². The third kappa shape index (κ3) is 2.59. The maximum absolute atomic E-state index is 12.3. The number of benzene rings is 1. The highest BCUT2D eigenvalue weighted by molar-refractivity contribution is 6.31. The van der Waals surface area contributed by atoms with Gasteiger partial charge >= 0.3 is 0 Å². The molecule has 0 radical (unpaired) electrons. The van der Waals surface area contributed by atoms with Gasteiger partial charge in [0.1, 0.15) is 0 Å². The number of aryl methyl sites for hydroxylation is 1. The van der Waals surface area contributed by atoms with Crippen molar-refractivity contribution in [2.75, 3.05) is 0 Å². The van der Waals surface area contributed by atoms with Crippen LogP contribution >= 0.6 is 11.6 Å². The lowest BCUT2D eigenvalue weighted by atomic mass is 9.95. The van der Waals surface area contributed by atoms with Crippen molar-refractivity contribution in [3.8, 4) is 0 Å². The first kappa shape index (κ1) is 12.8. The Morgan fingerprint density at radius 1 is 1.28 bits per heavy atom. The molecule has 0 N–H and O–H groups in total. The minimum atomic E-state index is -0.259. The van der Waals surface area contributed by atoms with Crippen molar-refractivity contribution in [2.45, 2.75) is 19.8 Å². The molecule has 1 atom stereocenters. The van der Waals surface area contributed by atoms with Crippen LogP contribution < -0.4 is 0 Å². The second-order valence-corrected chi connectivity index (χ2v) is 4.71. The second-order valence-electron chi connectivity index (χ2n) is 4.30. The summed E-state index contributed by atoms with van der Waals surface area (Å²) in [5.41, 5.74) is 2.38. The van der Waals surface area contributed by atoms with Crippen molar-refractivity contribution in [1.82, 2.24) is 4.98 Å². The number of hydrogen-bond acceptors (Lipinski definition) is 2. The molecule has 1 aromatic heterocycles. The van der Waals surface area contributed by atoms with Gasteiger partial charge < -0.3 is 0 Å². The summed E-state index contributed by atoms with van der Waals surface area (Å²) < 4.78 is 0. The van der Waals surface area contributed by atoms with Gasteiger partial charge in [-0.1, -0.05) is 29.8 Å². The molecule has 0 saturated heterocycles. The summed E-state index contributed by atoms with van der Waals surface area (Å²) in [5.74, 6) is -0.222. The van der Waals surface area contributed by atoms with E-state index in [4.69, 9.17) is 11.6 Å². The average Bonchev–Trinajstić information content (AvgIpc) is 2.41. The first-order valence-corrected chi connectivity index (χ1v) is 6.18. The molecule has 0 saturated carbocycles. The number of rotatable bonds is 3. The molecule has 2 rings (SSSR count). The summed E-state index contributed by atoms with van der Waals surface area (Å²) in [7, 11) is 0. The molecule has 0 spiro atoms. The van der Waals surface area contributed by atoms with Gasteiger partial charge in [-0.15, -0.1) is 0 Å². The van der Waals surface area contributed by atoms with E-state index in [0.717, 1.165) is 11.3 Å². The first-order chi connectivity index (χ1) is 8.59. The standard InChI is InChI=1S/C15H14ClNO/c1-10-6-7-12(9-13(10)16)15(18)11(2)14-5-3-4-8-17-14/h3-9,11H,1-2H3. The Morgan fingerprint density at radius 2 is 2.06 bits per heavy atom. The molecule has 0 amide bonds. The lowest BCUT2D eigenvalue weighted by Gasteiger charge is -2.10. The number of pyridine rings is 1. The van der Waals surface area contributed by atoms with E-state index in [1.165, 1.54) is 0 Å². The van der Waals surface area contributed by atoms with E-state index in [0.29, 0.717) is 10.6 Å². The molecule has 0 fully saturated rings. The predicted octanol–water partition coefficient (Wildman–Crippen LogP) is 4.03. The molecule has 3 heteroatoms. The largest absolute Gasteiger partial charge is 0.293 e. The molecule has 0 aliphatic carbocycles. The number of Topliss-reactive ketones (excluding diaryl/α,β-unsaturated/α-hetero) is 1. The Labute approximate surface area is 112 Å². The van der Waals surface area contributed by atoms with E-state index < -0.39 is 0 Å². The summed E-state index contributed by atoms with van der Waals surface area (Å²) in [5, 5.41) is 0.620. The third-order valence-electron chi connectivity index (χ3n) is 2.98. The van der Waals surface area contributed by atoms with Gasteiger partial charge in [0.05, 0.1) is 11.6 Å². The molecule has 2 nitrogen and oxygen atoms in total. The number of ketones is 1. The summed E-state index contributed by atoms with van der Waals surface area (Å²) in [6.45, 7) is 3.77. The van der Waals surface area contributed by atoms with Gasteiger partial charge in [-0.2, -0.15) is 0 Å². The minimum absolute atomic E-state index is 0.0376. The van der Waals surface area contributed by atoms with E-state index in [9.17, 15) is 4.79 Å². The van der Waals surface area contributed by atoms with E-state index in [1.807, 2.05) is 44.2 Å². The molecule has 2 aromatic rings. The van der Waals surface area contributed by atoms with E-state index in [1.54, 1.807) is 12.3 Å². The topological polar surface area (TPSA) is 30.0 Å². The Morgan fingerprint density at radius 3 is 2.67 bits per heavy atom. The van der Waals surface area contributed by atoms with Crippen LogP contribution in [0.3, 0.4) is 0 Å². The van der Waals surface area contributed by atoms with Gasteiger partial charge in [0, 0.05) is 16.8 Å². The zero-order valence-electron chi connectivity index (χ0n) is 10.4. The first-order valence-electron chi connectivity index (χ1n) is 5.81. The number of nitrogens with zero attached hydrogens (tertiary/aromatic N) is 1. The van der Waals surface area contributed by atoms with E-state index in [2.05, 4.69) is 4.98 Å². The van der Waals surface area contributed by atoms with Crippen LogP contribution in [0.4, 0.5) is 0 Å². The number of carbonyl (C=O) groups is 1. The molecule has 92 valence electrons. The van der Waals surface area contributed by atoms with Crippen molar-refractivity contribution in [2.24, 2.45) is 0 Å².